The van der Waals surface area contributed by atoms with Crippen molar-refractivity contribution in [2.24, 2.45) is 11.7 Å². The maximum atomic E-state index is 6.48. The molecule has 1 atom stereocenters. The Hall–Kier alpha value is -1.02. The standard InChI is InChI=1S/C17H27NO/c1-13(2)19-16-11-7-10-15(12-16)17(18)14-8-5-3-4-6-9-14/h7,10-14,17H,3-6,8-9,18H2,1-2H3. The lowest BCUT2D eigenvalue weighted by molar-refractivity contribution is 0.242. The van der Waals surface area contributed by atoms with Gasteiger partial charge in [-0.05, 0) is 50.3 Å². The molecule has 2 nitrogen and oxygen atoms in total. The Morgan fingerprint density at radius 2 is 1.79 bits per heavy atom. The van der Waals surface area contributed by atoms with Crippen LogP contribution in [0.4, 0.5) is 0 Å². The van der Waals surface area contributed by atoms with Gasteiger partial charge in [-0.15, -0.1) is 0 Å². The first-order chi connectivity index (χ1) is 9.16. The van der Waals surface area contributed by atoms with E-state index in [0.29, 0.717) is 5.92 Å². The minimum atomic E-state index is 0.161. The summed E-state index contributed by atoms with van der Waals surface area (Å²) in [4.78, 5) is 0. The Bertz CT molecular complexity index is 381. The van der Waals surface area contributed by atoms with Gasteiger partial charge in [-0.3, -0.25) is 0 Å². The zero-order valence-corrected chi connectivity index (χ0v) is 12.3. The van der Waals surface area contributed by atoms with Crippen molar-refractivity contribution in [3.05, 3.63) is 29.8 Å². The van der Waals surface area contributed by atoms with E-state index >= 15 is 0 Å². The summed E-state index contributed by atoms with van der Waals surface area (Å²) in [5, 5.41) is 0. The molecule has 106 valence electrons. The molecule has 0 bridgehead atoms. The molecule has 0 aliphatic heterocycles. The lowest BCUT2D eigenvalue weighted by Gasteiger charge is -2.23. The summed E-state index contributed by atoms with van der Waals surface area (Å²) in [6.07, 6.45) is 8.18. The molecule has 1 aromatic carbocycles. The molecule has 0 spiro atoms. The van der Waals surface area contributed by atoms with Crippen LogP contribution in [0.2, 0.25) is 0 Å². The molecule has 0 radical (unpaired) electrons. The number of benzene rings is 1. The van der Waals surface area contributed by atoms with Gasteiger partial charge in [0.15, 0.2) is 0 Å². The average molecular weight is 261 g/mol. The van der Waals surface area contributed by atoms with Gasteiger partial charge in [-0.1, -0.05) is 37.8 Å². The van der Waals surface area contributed by atoms with Crippen molar-refractivity contribution < 1.29 is 4.74 Å². The van der Waals surface area contributed by atoms with Crippen LogP contribution in [0.25, 0.3) is 0 Å². The van der Waals surface area contributed by atoms with Crippen molar-refractivity contribution >= 4 is 0 Å². The molecule has 2 rings (SSSR count). The highest BCUT2D eigenvalue weighted by Crippen LogP contribution is 2.33. The van der Waals surface area contributed by atoms with Crippen LogP contribution in [0.3, 0.4) is 0 Å². The molecule has 0 saturated heterocycles. The Morgan fingerprint density at radius 3 is 2.42 bits per heavy atom. The van der Waals surface area contributed by atoms with Crippen LogP contribution in [-0.4, -0.2) is 6.10 Å². The number of hydrogen-bond donors (Lipinski definition) is 1. The number of rotatable bonds is 4. The molecule has 1 saturated carbocycles. The van der Waals surface area contributed by atoms with Crippen molar-refractivity contribution in [3.63, 3.8) is 0 Å². The first-order valence-corrected chi connectivity index (χ1v) is 7.69. The second-order valence-corrected chi connectivity index (χ2v) is 6.02. The quantitative estimate of drug-likeness (QED) is 0.813. The summed E-state index contributed by atoms with van der Waals surface area (Å²) in [5.74, 6) is 1.58. The van der Waals surface area contributed by atoms with Gasteiger partial charge in [0.1, 0.15) is 5.75 Å². The fraction of sp³-hybridized carbons (Fsp3) is 0.647. The minimum Gasteiger partial charge on any atom is -0.491 e. The zero-order valence-electron chi connectivity index (χ0n) is 12.3. The predicted molar refractivity (Wildman–Crippen MR) is 80.3 cm³/mol. The van der Waals surface area contributed by atoms with E-state index in [1.54, 1.807) is 0 Å². The molecule has 19 heavy (non-hydrogen) atoms. The third kappa shape index (κ3) is 4.24. The van der Waals surface area contributed by atoms with E-state index in [-0.39, 0.29) is 12.1 Å². The van der Waals surface area contributed by atoms with Crippen LogP contribution in [0.1, 0.15) is 64.0 Å². The van der Waals surface area contributed by atoms with Gasteiger partial charge in [0.05, 0.1) is 6.10 Å². The van der Waals surface area contributed by atoms with Gasteiger partial charge in [0.2, 0.25) is 0 Å². The van der Waals surface area contributed by atoms with Crippen LogP contribution < -0.4 is 10.5 Å². The fourth-order valence-electron chi connectivity index (χ4n) is 3.01. The Balaban J connectivity index is 2.06. The van der Waals surface area contributed by atoms with Crippen LogP contribution in [0.5, 0.6) is 5.75 Å². The lowest BCUT2D eigenvalue weighted by Crippen LogP contribution is -2.21. The Kier molecular flexibility index (Phi) is 5.26. The summed E-state index contributed by atoms with van der Waals surface area (Å²) >= 11 is 0. The molecule has 1 fully saturated rings. The van der Waals surface area contributed by atoms with Crippen LogP contribution in [-0.2, 0) is 0 Å². The van der Waals surface area contributed by atoms with E-state index in [0.717, 1.165) is 5.75 Å². The normalized spacial score (nSPS) is 19.2. The van der Waals surface area contributed by atoms with Gasteiger partial charge in [-0.25, -0.2) is 0 Å². The Morgan fingerprint density at radius 1 is 1.11 bits per heavy atom. The highest BCUT2D eigenvalue weighted by atomic mass is 16.5. The van der Waals surface area contributed by atoms with Crippen LogP contribution in [0, 0.1) is 5.92 Å². The topological polar surface area (TPSA) is 35.2 Å². The lowest BCUT2D eigenvalue weighted by atomic mass is 9.88. The molecular formula is C17H27NO. The summed E-state index contributed by atoms with van der Waals surface area (Å²) in [5.41, 5.74) is 7.71. The molecular weight excluding hydrogens is 234 g/mol. The second-order valence-electron chi connectivity index (χ2n) is 6.02. The van der Waals surface area contributed by atoms with E-state index in [2.05, 4.69) is 32.0 Å². The monoisotopic (exact) mass is 261 g/mol. The number of hydrogen-bond acceptors (Lipinski definition) is 2. The molecule has 0 aromatic heterocycles. The molecule has 2 N–H and O–H groups in total. The summed E-state index contributed by atoms with van der Waals surface area (Å²) in [6.45, 7) is 4.11. The van der Waals surface area contributed by atoms with Crippen molar-refractivity contribution in [2.75, 3.05) is 0 Å². The van der Waals surface area contributed by atoms with Gasteiger partial charge in [0.25, 0.3) is 0 Å². The number of ether oxygens (including phenoxy) is 1. The first kappa shape index (κ1) is 14.4. The number of nitrogens with two attached hydrogens (primary N) is 1. The van der Waals surface area contributed by atoms with Gasteiger partial charge >= 0.3 is 0 Å². The van der Waals surface area contributed by atoms with Crippen molar-refractivity contribution in [1.29, 1.82) is 0 Å². The average Bonchev–Trinajstić information content (AvgIpc) is 2.66. The second kappa shape index (κ2) is 6.95. The smallest absolute Gasteiger partial charge is 0.120 e. The molecule has 0 heterocycles. The Labute approximate surface area is 117 Å². The third-order valence-electron chi connectivity index (χ3n) is 4.02. The third-order valence-corrected chi connectivity index (χ3v) is 4.02. The zero-order chi connectivity index (χ0) is 13.7. The minimum absolute atomic E-state index is 0.161. The van der Waals surface area contributed by atoms with Gasteiger partial charge < -0.3 is 10.5 Å². The molecule has 0 amide bonds. The van der Waals surface area contributed by atoms with E-state index in [9.17, 15) is 0 Å². The summed E-state index contributed by atoms with van der Waals surface area (Å²) in [6, 6.07) is 8.50. The summed E-state index contributed by atoms with van der Waals surface area (Å²) < 4.78 is 5.76. The maximum Gasteiger partial charge on any atom is 0.120 e. The van der Waals surface area contributed by atoms with Gasteiger partial charge in [0, 0.05) is 6.04 Å². The maximum absolute atomic E-state index is 6.48. The molecule has 1 unspecified atom stereocenters. The van der Waals surface area contributed by atoms with Crippen molar-refractivity contribution in [1.82, 2.24) is 0 Å². The predicted octanol–water partition coefficient (Wildman–Crippen LogP) is 4.44. The van der Waals surface area contributed by atoms with E-state index < -0.39 is 0 Å². The molecule has 1 aromatic rings. The van der Waals surface area contributed by atoms with Crippen molar-refractivity contribution in [3.8, 4) is 5.75 Å². The van der Waals surface area contributed by atoms with Gasteiger partial charge in [-0.2, -0.15) is 0 Å². The molecule has 1 aliphatic rings. The van der Waals surface area contributed by atoms with E-state index in [1.165, 1.54) is 44.1 Å². The largest absolute Gasteiger partial charge is 0.491 e. The fourth-order valence-corrected chi connectivity index (χ4v) is 3.01. The highest BCUT2D eigenvalue weighted by molar-refractivity contribution is 5.31. The highest BCUT2D eigenvalue weighted by Gasteiger charge is 2.21. The van der Waals surface area contributed by atoms with Crippen molar-refractivity contribution in [2.45, 2.75) is 64.5 Å². The van der Waals surface area contributed by atoms with Crippen LogP contribution >= 0.6 is 0 Å². The SMILES string of the molecule is CC(C)Oc1cccc(C(N)C2CCCCCC2)c1. The van der Waals surface area contributed by atoms with Crippen LogP contribution in [0.15, 0.2) is 24.3 Å². The first-order valence-electron chi connectivity index (χ1n) is 7.69. The summed E-state index contributed by atoms with van der Waals surface area (Å²) in [7, 11) is 0. The molecule has 2 heteroatoms. The van der Waals surface area contributed by atoms with E-state index in [1.807, 2.05) is 6.07 Å². The molecule has 1 aliphatic carbocycles. The van der Waals surface area contributed by atoms with E-state index in [4.69, 9.17) is 10.5 Å².